The van der Waals surface area contributed by atoms with E-state index in [1.807, 2.05) is 44.2 Å². The number of hydrogen-bond acceptors (Lipinski definition) is 4. The minimum atomic E-state index is -0.831. The molecule has 2 unspecified atom stereocenters. The molecule has 1 N–H and O–H groups in total. The molecule has 23 heavy (non-hydrogen) atoms. The van der Waals surface area contributed by atoms with Gasteiger partial charge in [0.2, 0.25) is 5.91 Å². The number of rotatable bonds is 5. The number of nitrogens with zero attached hydrogens (tertiary/aromatic N) is 2. The lowest BCUT2D eigenvalue weighted by Gasteiger charge is -2.34. The smallest absolute Gasteiger partial charge is 0.235 e. The first-order valence-corrected chi connectivity index (χ1v) is 8.06. The van der Waals surface area contributed by atoms with Crippen LogP contribution in [0, 0.1) is 17.2 Å². The SMILES string of the molecule is CC(C)C(C)(C#N)NC(=O)CN1CCOC(c2ccccc2)C1. The molecule has 0 aliphatic carbocycles. The highest BCUT2D eigenvalue weighted by Gasteiger charge is 2.31. The van der Waals surface area contributed by atoms with Gasteiger partial charge in [0.15, 0.2) is 0 Å². The van der Waals surface area contributed by atoms with Gasteiger partial charge >= 0.3 is 0 Å². The third kappa shape index (κ3) is 4.54. The van der Waals surface area contributed by atoms with Crippen LogP contribution in [0.5, 0.6) is 0 Å². The summed E-state index contributed by atoms with van der Waals surface area (Å²) in [7, 11) is 0. The van der Waals surface area contributed by atoms with Crippen molar-refractivity contribution < 1.29 is 9.53 Å². The van der Waals surface area contributed by atoms with Crippen LogP contribution in [0.4, 0.5) is 0 Å². The second kappa shape index (κ2) is 7.58. The van der Waals surface area contributed by atoms with E-state index in [1.165, 1.54) is 0 Å². The Morgan fingerprint density at radius 2 is 2.17 bits per heavy atom. The molecule has 0 bridgehead atoms. The van der Waals surface area contributed by atoms with Crippen LogP contribution >= 0.6 is 0 Å². The first-order chi connectivity index (χ1) is 10.9. The van der Waals surface area contributed by atoms with Gasteiger partial charge in [0, 0.05) is 13.1 Å². The zero-order valence-electron chi connectivity index (χ0n) is 14.1. The Balaban J connectivity index is 1.93. The molecular weight excluding hydrogens is 290 g/mol. The van der Waals surface area contributed by atoms with E-state index in [0.717, 1.165) is 12.1 Å². The number of carbonyl (C=O) groups is 1. The number of morpholine rings is 1. The highest BCUT2D eigenvalue weighted by molar-refractivity contribution is 5.79. The van der Waals surface area contributed by atoms with E-state index in [-0.39, 0.29) is 24.5 Å². The second-order valence-corrected chi connectivity index (χ2v) is 6.52. The number of amides is 1. The van der Waals surface area contributed by atoms with Crippen LogP contribution in [-0.4, -0.2) is 42.6 Å². The van der Waals surface area contributed by atoms with Gasteiger partial charge in [-0.2, -0.15) is 5.26 Å². The molecule has 1 aliphatic heterocycles. The molecule has 1 saturated heterocycles. The summed E-state index contributed by atoms with van der Waals surface area (Å²) in [5.41, 5.74) is 0.295. The molecule has 5 nitrogen and oxygen atoms in total. The maximum Gasteiger partial charge on any atom is 0.235 e. The van der Waals surface area contributed by atoms with E-state index in [9.17, 15) is 10.1 Å². The average Bonchev–Trinajstić information content (AvgIpc) is 2.55. The Hall–Kier alpha value is -1.90. The Morgan fingerprint density at radius 3 is 2.78 bits per heavy atom. The first-order valence-electron chi connectivity index (χ1n) is 8.06. The van der Waals surface area contributed by atoms with Crippen molar-refractivity contribution in [2.24, 2.45) is 5.92 Å². The third-order valence-electron chi connectivity index (χ3n) is 4.48. The zero-order valence-corrected chi connectivity index (χ0v) is 14.1. The normalized spacial score (nSPS) is 21.4. The van der Waals surface area contributed by atoms with E-state index in [0.29, 0.717) is 13.2 Å². The summed E-state index contributed by atoms with van der Waals surface area (Å²) in [6.07, 6.45) is -0.00907. The van der Waals surface area contributed by atoms with Crippen molar-refractivity contribution in [3.8, 4) is 6.07 Å². The minimum Gasteiger partial charge on any atom is -0.371 e. The second-order valence-electron chi connectivity index (χ2n) is 6.52. The van der Waals surface area contributed by atoms with E-state index < -0.39 is 5.54 Å². The molecule has 0 aromatic heterocycles. The maximum absolute atomic E-state index is 12.3. The van der Waals surface area contributed by atoms with Crippen LogP contribution in [0.2, 0.25) is 0 Å². The lowest BCUT2D eigenvalue weighted by Crippen LogP contribution is -2.53. The van der Waals surface area contributed by atoms with Gasteiger partial charge in [-0.15, -0.1) is 0 Å². The number of hydrogen-bond donors (Lipinski definition) is 1. The van der Waals surface area contributed by atoms with Crippen molar-refractivity contribution >= 4 is 5.91 Å². The molecule has 1 aromatic rings. The van der Waals surface area contributed by atoms with Gasteiger partial charge in [-0.25, -0.2) is 0 Å². The molecule has 1 heterocycles. The quantitative estimate of drug-likeness (QED) is 0.904. The predicted molar refractivity (Wildman–Crippen MR) is 88.6 cm³/mol. The van der Waals surface area contributed by atoms with Gasteiger partial charge < -0.3 is 10.1 Å². The number of nitrogens with one attached hydrogen (secondary N) is 1. The van der Waals surface area contributed by atoms with Gasteiger partial charge in [0.05, 0.1) is 25.3 Å². The average molecular weight is 315 g/mol. The Labute approximate surface area is 138 Å². The van der Waals surface area contributed by atoms with Crippen LogP contribution in [0.15, 0.2) is 30.3 Å². The molecule has 5 heteroatoms. The number of carbonyl (C=O) groups excluding carboxylic acids is 1. The van der Waals surface area contributed by atoms with Crippen LogP contribution in [0.3, 0.4) is 0 Å². The zero-order chi connectivity index (χ0) is 16.9. The van der Waals surface area contributed by atoms with Crippen LogP contribution in [0.25, 0.3) is 0 Å². The molecule has 124 valence electrons. The summed E-state index contributed by atoms with van der Waals surface area (Å²) < 4.78 is 5.81. The lowest BCUT2D eigenvalue weighted by molar-refractivity contribution is -0.126. The largest absolute Gasteiger partial charge is 0.371 e. The van der Waals surface area contributed by atoms with Crippen LogP contribution in [-0.2, 0) is 9.53 Å². The van der Waals surface area contributed by atoms with Crippen molar-refractivity contribution in [2.45, 2.75) is 32.4 Å². The maximum atomic E-state index is 12.3. The molecule has 2 rings (SSSR count). The highest BCUT2D eigenvalue weighted by Crippen LogP contribution is 2.22. The molecule has 0 radical (unpaired) electrons. The number of ether oxygens (including phenoxy) is 1. The van der Waals surface area contributed by atoms with E-state index in [4.69, 9.17) is 4.74 Å². The fourth-order valence-corrected chi connectivity index (χ4v) is 2.55. The van der Waals surface area contributed by atoms with E-state index in [2.05, 4.69) is 16.3 Å². The van der Waals surface area contributed by atoms with Crippen molar-refractivity contribution in [3.63, 3.8) is 0 Å². The Kier molecular flexibility index (Phi) is 5.75. The van der Waals surface area contributed by atoms with E-state index in [1.54, 1.807) is 6.92 Å². The highest BCUT2D eigenvalue weighted by atomic mass is 16.5. The predicted octanol–water partition coefficient (Wildman–Crippen LogP) is 2.11. The summed E-state index contributed by atoms with van der Waals surface area (Å²) in [4.78, 5) is 14.4. The molecule has 0 spiro atoms. The number of benzene rings is 1. The first kappa shape index (κ1) is 17.5. The number of nitriles is 1. The molecule has 2 atom stereocenters. The third-order valence-corrected chi connectivity index (χ3v) is 4.48. The molecule has 1 aliphatic rings. The standard InChI is InChI=1S/C18H25N3O2/c1-14(2)18(3,13-19)20-17(22)12-21-9-10-23-16(11-21)15-7-5-4-6-8-15/h4-8,14,16H,9-12H2,1-3H3,(H,20,22). The minimum absolute atomic E-state index is 0.00907. The Morgan fingerprint density at radius 1 is 1.48 bits per heavy atom. The molecule has 0 saturated carbocycles. The molecule has 1 amide bonds. The van der Waals surface area contributed by atoms with Gasteiger partial charge in [0.1, 0.15) is 5.54 Å². The van der Waals surface area contributed by atoms with Gasteiger partial charge in [-0.1, -0.05) is 44.2 Å². The molecule has 1 aromatic carbocycles. The van der Waals surface area contributed by atoms with E-state index >= 15 is 0 Å². The monoisotopic (exact) mass is 315 g/mol. The topological polar surface area (TPSA) is 65.4 Å². The van der Waals surface area contributed by atoms with Crippen LogP contribution < -0.4 is 5.32 Å². The summed E-state index contributed by atoms with van der Waals surface area (Å²) in [6, 6.07) is 12.2. The summed E-state index contributed by atoms with van der Waals surface area (Å²) >= 11 is 0. The van der Waals surface area contributed by atoms with Gasteiger partial charge in [-0.3, -0.25) is 9.69 Å². The molecular formula is C18H25N3O2. The Bertz CT molecular complexity index is 567. The van der Waals surface area contributed by atoms with Crippen molar-refractivity contribution in [1.29, 1.82) is 5.26 Å². The molecule has 1 fully saturated rings. The summed E-state index contributed by atoms with van der Waals surface area (Å²) in [5, 5.41) is 12.2. The summed E-state index contributed by atoms with van der Waals surface area (Å²) in [6.45, 7) is 7.93. The fourth-order valence-electron chi connectivity index (χ4n) is 2.55. The van der Waals surface area contributed by atoms with Crippen LogP contribution in [0.1, 0.15) is 32.4 Å². The van der Waals surface area contributed by atoms with Gasteiger partial charge in [-0.05, 0) is 18.4 Å². The van der Waals surface area contributed by atoms with Crippen molar-refractivity contribution in [3.05, 3.63) is 35.9 Å². The van der Waals surface area contributed by atoms with Gasteiger partial charge in [0.25, 0.3) is 0 Å². The van der Waals surface area contributed by atoms with Crippen molar-refractivity contribution in [2.75, 3.05) is 26.2 Å². The van der Waals surface area contributed by atoms with Crippen molar-refractivity contribution in [1.82, 2.24) is 10.2 Å². The summed E-state index contributed by atoms with van der Waals surface area (Å²) in [5.74, 6) is -0.0605. The fraction of sp³-hybridized carbons (Fsp3) is 0.556. The lowest BCUT2D eigenvalue weighted by atomic mass is 9.90.